The van der Waals surface area contributed by atoms with Crippen LogP contribution < -0.4 is 10.6 Å². The van der Waals surface area contributed by atoms with Crippen LogP contribution >= 0.6 is 0 Å². The Morgan fingerprint density at radius 2 is 1.00 bits per heavy atom. The molecule has 0 fully saturated rings. The quantitative estimate of drug-likeness (QED) is 0.496. The SMILES string of the molecule is O=C(O)c1ccc(C(=O)Nc2ccccc2)c(C(=O)Nc2ccccc2)c1C(=O)O. The summed E-state index contributed by atoms with van der Waals surface area (Å²) in [7, 11) is 0. The average Bonchev–Trinajstić information content (AvgIpc) is 2.73. The van der Waals surface area contributed by atoms with E-state index in [1.807, 2.05) is 0 Å². The molecule has 0 aliphatic rings. The van der Waals surface area contributed by atoms with Crippen LogP contribution in [0.25, 0.3) is 0 Å². The predicted molar refractivity (Wildman–Crippen MR) is 109 cm³/mol. The maximum Gasteiger partial charge on any atom is 0.337 e. The monoisotopic (exact) mass is 404 g/mol. The highest BCUT2D eigenvalue weighted by Gasteiger charge is 2.29. The third-order valence-corrected chi connectivity index (χ3v) is 4.18. The highest BCUT2D eigenvalue weighted by molar-refractivity contribution is 6.21. The van der Waals surface area contributed by atoms with Gasteiger partial charge in [-0.3, -0.25) is 9.59 Å². The highest BCUT2D eigenvalue weighted by Crippen LogP contribution is 2.23. The normalized spacial score (nSPS) is 10.1. The van der Waals surface area contributed by atoms with Gasteiger partial charge in [0.25, 0.3) is 11.8 Å². The number of carbonyl (C=O) groups is 4. The Hall–Kier alpha value is -4.46. The smallest absolute Gasteiger partial charge is 0.337 e. The van der Waals surface area contributed by atoms with Crippen LogP contribution in [0.1, 0.15) is 41.4 Å². The average molecular weight is 404 g/mol. The van der Waals surface area contributed by atoms with Crippen molar-refractivity contribution in [2.45, 2.75) is 0 Å². The van der Waals surface area contributed by atoms with Gasteiger partial charge in [-0.2, -0.15) is 0 Å². The summed E-state index contributed by atoms with van der Waals surface area (Å²) in [4.78, 5) is 49.2. The van der Waals surface area contributed by atoms with Crippen LogP contribution in [0.3, 0.4) is 0 Å². The molecule has 0 unspecified atom stereocenters. The van der Waals surface area contributed by atoms with Crippen LogP contribution in [0.2, 0.25) is 0 Å². The molecule has 0 saturated carbocycles. The summed E-state index contributed by atoms with van der Waals surface area (Å²) in [6, 6.07) is 18.7. The number of carbonyl (C=O) groups excluding carboxylic acids is 2. The fraction of sp³-hybridized carbons (Fsp3) is 0. The summed E-state index contributed by atoms with van der Waals surface area (Å²) >= 11 is 0. The molecule has 0 spiro atoms. The molecule has 150 valence electrons. The van der Waals surface area contributed by atoms with Crippen molar-refractivity contribution in [2.75, 3.05) is 10.6 Å². The lowest BCUT2D eigenvalue weighted by Crippen LogP contribution is -2.25. The van der Waals surface area contributed by atoms with Crippen LogP contribution in [0.5, 0.6) is 0 Å². The minimum Gasteiger partial charge on any atom is -0.478 e. The standard InChI is InChI=1S/C22H16N2O6/c25-19(23-13-7-3-1-4-8-13)15-11-12-16(21(27)28)18(22(29)30)17(15)20(26)24-14-9-5-2-6-10-14/h1-12H,(H,23,25)(H,24,26)(H,27,28)(H,29,30). The zero-order valence-corrected chi connectivity index (χ0v) is 15.5. The van der Waals surface area contributed by atoms with Gasteiger partial charge < -0.3 is 20.8 Å². The molecule has 2 amide bonds. The largest absolute Gasteiger partial charge is 0.478 e. The first-order valence-corrected chi connectivity index (χ1v) is 8.75. The van der Waals surface area contributed by atoms with Crippen LogP contribution in [-0.2, 0) is 0 Å². The molecular weight excluding hydrogens is 388 g/mol. The van der Waals surface area contributed by atoms with Crippen molar-refractivity contribution >= 4 is 35.1 Å². The minimum atomic E-state index is -1.64. The van der Waals surface area contributed by atoms with Gasteiger partial charge in [0.2, 0.25) is 0 Å². The zero-order chi connectivity index (χ0) is 21.7. The predicted octanol–water partition coefficient (Wildman–Crippen LogP) is 3.59. The second-order valence-electron chi connectivity index (χ2n) is 6.16. The molecule has 0 saturated heterocycles. The van der Waals surface area contributed by atoms with Gasteiger partial charge >= 0.3 is 11.9 Å². The Bertz CT molecular complexity index is 1130. The molecular formula is C22H16N2O6. The van der Waals surface area contributed by atoms with E-state index in [-0.39, 0.29) is 5.56 Å². The highest BCUT2D eigenvalue weighted by atomic mass is 16.4. The lowest BCUT2D eigenvalue weighted by molar-refractivity contribution is 0.0649. The summed E-state index contributed by atoms with van der Waals surface area (Å²) in [5.74, 6) is -4.84. The maximum atomic E-state index is 12.9. The molecule has 8 heteroatoms. The van der Waals surface area contributed by atoms with Crippen LogP contribution in [0, 0.1) is 0 Å². The molecule has 3 rings (SSSR count). The summed E-state index contributed by atoms with van der Waals surface area (Å²) in [5, 5.41) is 24.1. The van der Waals surface area contributed by atoms with Gasteiger partial charge in [-0.25, -0.2) is 9.59 Å². The molecule has 4 N–H and O–H groups in total. The van der Waals surface area contributed by atoms with Gasteiger partial charge in [-0.15, -0.1) is 0 Å². The number of hydrogen-bond acceptors (Lipinski definition) is 4. The van der Waals surface area contributed by atoms with E-state index < -0.39 is 40.4 Å². The third-order valence-electron chi connectivity index (χ3n) is 4.18. The Labute approximate surface area is 170 Å². The fourth-order valence-corrected chi connectivity index (χ4v) is 2.86. The van der Waals surface area contributed by atoms with Gasteiger partial charge in [0, 0.05) is 11.4 Å². The first kappa shape index (κ1) is 20.3. The second-order valence-corrected chi connectivity index (χ2v) is 6.16. The first-order chi connectivity index (χ1) is 14.4. The van der Waals surface area contributed by atoms with E-state index >= 15 is 0 Å². The topological polar surface area (TPSA) is 133 Å². The number of carboxylic acid groups (broad SMARTS) is 2. The number of amides is 2. The molecule has 8 nitrogen and oxygen atoms in total. The van der Waals surface area contributed by atoms with E-state index in [1.54, 1.807) is 60.7 Å². The maximum absolute atomic E-state index is 12.9. The summed E-state index contributed by atoms with van der Waals surface area (Å²) in [6.45, 7) is 0. The van der Waals surface area contributed by atoms with Crippen LogP contribution in [0.15, 0.2) is 72.8 Å². The molecule has 0 radical (unpaired) electrons. The molecule has 0 aromatic heterocycles. The lowest BCUT2D eigenvalue weighted by Gasteiger charge is -2.15. The molecule has 0 bridgehead atoms. The van der Waals surface area contributed by atoms with Gasteiger partial charge in [0.15, 0.2) is 0 Å². The molecule has 3 aromatic carbocycles. The van der Waals surface area contributed by atoms with Gasteiger partial charge in [-0.1, -0.05) is 36.4 Å². The summed E-state index contributed by atoms with van der Waals surface area (Å²) in [6.07, 6.45) is 0. The van der Waals surface area contributed by atoms with E-state index in [9.17, 15) is 29.4 Å². The number of anilines is 2. The van der Waals surface area contributed by atoms with Gasteiger partial charge in [0.05, 0.1) is 22.3 Å². The summed E-state index contributed by atoms with van der Waals surface area (Å²) < 4.78 is 0. The van der Waals surface area contributed by atoms with Crippen LogP contribution in [0.4, 0.5) is 11.4 Å². The summed E-state index contributed by atoms with van der Waals surface area (Å²) in [5.41, 5.74) is -1.40. The van der Waals surface area contributed by atoms with E-state index in [1.165, 1.54) is 0 Å². The zero-order valence-electron chi connectivity index (χ0n) is 15.5. The van der Waals surface area contributed by atoms with Crippen molar-refractivity contribution in [3.05, 3.63) is 95.1 Å². The Kier molecular flexibility index (Phi) is 5.88. The van der Waals surface area contributed by atoms with Crippen molar-refractivity contribution in [1.82, 2.24) is 0 Å². The second kappa shape index (κ2) is 8.70. The number of nitrogens with one attached hydrogen (secondary N) is 2. The number of aromatic carboxylic acids is 2. The molecule has 0 aliphatic carbocycles. The first-order valence-electron chi connectivity index (χ1n) is 8.75. The molecule has 30 heavy (non-hydrogen) atoms. The molecule has 0 atom stereocenters. The third kappa shape index (κ3) is 4.33. The number of hydrogen-bond donors (Lipinski definition) is 4. The van der Waals surface area contributed by atoms with Crippen molar-refractivity contribution in [3.8, 4) is 0 Å². The van der Waals surface area contributed by atoms with E-state index in [2.05, 4.69) is 10.6 Å². The fourth-order valence-electron chi connectivity index (χ4n) is 2.86. The van der Waals surface area contributed by atoms with Crippen molar-refractivity contribution in [3.63, 3.8) is 0 Å². The van der Waals surface area contributed by atoms with E-state index in [4.69, 9.17) is 0 Å². The number of para-hydroxylation sites is 2. The number of rotatable bonds is 6. The number of carboxylic acids is 2. The van der Waals surface area contributed by atoms with E-state index in [0.29, 0.717) is 11.4 Å². The molecule has 3 aromatic rings. The Morgan fingerprint density at radius 1 is 0.533 bits per heavy atom. The van der Waals surface area contributed by atoms with Gasteiger partial charge in [0.1, 0.15) is 0 Å². The van der Waals surface area contributed by atoms with Crippen molar-refractivity contribution < 1.29 is 29.4 Å². The Balaban J connectivity index is 2.12. The van der Waals surface area contributed by atoms with Gasteiger partial charge in [-0.05, 0) is 36.4 Å². The lowest BCUT2D eigenvalue weighted by atomic mass is 9.94. The van der Waals surface area contributed by atoms with Crippen LogP contribution in [-0.4, -0.2) is 34.0 Å². The van der Waals surface area contributed by atoms with E-state index in [0.717, 1.165) is 12.1 Å². The number of benzene rings is 3. The Morgan fingerprint density at radius 3 is 1.47 bits per heavy atom. The van der Waals surface area contributed by atoms with Crippen molar-refractivity contribution in [1.29, 1.82) is 0 Å². The van der Waals surface area contributed by atoms with Crippen molar-refractivity contribution in [2.24, 2.45) is 0 Å². The molecule has 0 aliphatic heterocycles. The minimum absolute atomic E-state index is 0.269. The molecule has 0 heterocycles.